The molecule has 0 spiro atoms. The third-order valence-electron chi connectivity index (χ3n) is 4.07. The van der Waals surface area contributed by atoms with E-state index in [1.807, 2.05) is 30.3 Å². The standard InChI is InChI=1S/C20H16ClNO/c21-16-10-11-20-18(12-16)17-8-4-5-9-19(17)22(20)14-23-13-15-6-2-1-3-7-15/h1-12H,13-14H2. The van der Waals surface area contributed by atoms with E-state index in [2.05, 4.69) is 47.0 Å². The molecular formula is C20H16ClNO. The quantitative estimate of drug-likeness (QED) is 0.475. The summed E-state index contributed by atoms with van der Waals surface area (Å²) in [4.78, 5) is 0. The summed E-state index contributed by atoms with van der Waals surface area (Å²) in [6.45, 7) is 1.11. The van der Waals surface area contributed by atoms with Crippen LogP contribution in [-0.4, -0.2) is 4.57 Å². The molecule has 4 rings (SSSR count). The number of para-hydroxylation sites is 1. The molecule has 1 aromatic heterocycles. The Bertz CT molecular complexity index is 959. The lowest BCUT2D eigenvalue weighted by Gasteiger charge is -2.09. The molecule has 3 heteroatoms. The minimum atomic E-state index is 0.514. The molecule has 4 aromatic rings. The van der Waals surface area contributed by atoms with E-state index in [1.165, 1.54) is 10.9 Å². The lowest BCUT2D eigenvalue weighted by Crippen LogP contribution is -2.02. The fourth-order valence-electron chi connectivity index (χ4n) is 2.99. The molecule has 0 bridgehead atoms. The van der Waals surface area contributed by atoms with Crippen molar-refractivity contribution < 1.29 is 4.74 Å². The molecule has 0 aliphatic rings. The summed E-state index contributed by atoms with van der Waals surface area (Å²) in [5, 5.41) is 3.12. The number of aromatic nitrogens is 1. The van der Waals surface area contributed by atoms with Crippen molar-refractivity contribution in [2.75, 3.05) is 0 Å². The van der Waals surface area contributed by atoms with Crippen molar-refractivity contribution in [2.24, 2.45) is 0 Å². The van der Waals surface area contributed by atoms with Gasteiger partial charge in [0, 0.05) is 15.8 Å². The molecule has 0 saturated carbocycles. The second-order valence-electron chi connectivity index (χ2n) is 5.57. The first-order chi connectivity index (χ1) is 11.3. The highest BCUT2D eigenvalue weighted by Gasteiger charge is 2.10. The number of hydrogen-bond donors (Lipinski definition) is 0. The van der Waals surface area contributed by atoms with Crippen molar-refractivity contribution in [3.63, 3.8) is 0 Å². The molecule has 0 fully saturated rings. The van der Waals surface area contributed by atoms with Crippen LogP contribution in [0.1, 0.15) is 5.56 Å². The first-order valence-corrected chi connectivity index (χ1v) is 7.99. The number of hydrogen-bond acceptors (Lipinski definition) is 1. The van der Waals surface area contributed by atoms with E-state index >= 15 is 0 Å². The minimum Gasteiger partial charge on any atom is -0.356 e. The number of rotatable bonds is 4. The minimum absolute atomic E-state index is 0.514. The second-order valence-corrected chi connectivity index (χ2v) is 6.01. The molecule has 2 nitrogen and oxygen atoms in total. The summed E-state index contributed by atoms with van der Waals surface area (Å²) in [5.74, 6) is 0. The zero-order chi connectivity index (χ0) is 15.6. The number of nitrogens with zero attached hydrogens (tertiary/aromatic N) is 1. The van der Waals surface area contributed by atoms with Gasteiger partial charge in [0.2, 0.25) is 0 Å². The zero-order valence-corrected chi connectivity index (χ0v) is 13.3. The zero-order valence-electron chi connectivity index (χ0n) is 12.6. The van der Waals surface area contributed by atoms with Crippen LogP contribution in [0.5, 0.6) is 0 Å². The van der Waals surface area contributed by atoms with Gasteiger partial charge in [-0.1, -0.05) is 60.1 Å². The van der Waals surface area contributed by atoms with Crippen molar-refractivity contribution in [1.82, 2.24) is 4.57 Å². The summed E-state index contributed by atoms with van der Waals surface area (Å²) < 4.78 is 8.14. The summed E-state index contributed by atoms with van der Waals surface area (Å²) in [7, 11) is 0. The molecule has 0 radical (unpaired) electrons. The van der Waals surface area contributed by atoms with Gasteiger partial charge in [-0.15, -0.1) is 0 Å². The van der Waals surface area contributed by atoms with Gasteiger partial charge in [0.1, 0.15) is 6.73 Å². The summed E-state index contributed by atoms with van der Waals surface area (Å²) >= 11 is 6.17. The van der Waals surface area contributed by atoms with Gasteiger partial charge >= 0.3 is 0 Å². The Kier molecular flexibility index (Phi) is 3.78. The van der Waals surface area contributed by atoms with Gasteiger partial charge in [0.25, 0.3) is 0 Å². The SMILES string of the molecule is Clc1ccc2c(c1)c1ccccc1n2COCc1ccccc1. The molecule has 114 valence electrons. The van der Waals surface area contributed by atoms with Crippen LogP contribution in [0, 0.1) is 0 Å². The Morgan fingerprint density at radius 1 is 0.783 bits per heavy atom. The highest BCUT2D eigenvalue weighted by atomic mass is 35.5. The van der Waals surface area contributed by atoms with Crippen molar-refractivity contribution in [3.8, 4) is 0 Å². The van der Waals surface area contributed by atoms with Gasteiger partial charge in [0.15, 0.2) is 0 Å². The molecule has 0 amide bonds. The fraction of sp³-hybridized carbons (Fsp3) is 0.100. The van der Waals surface area contributed by atoms with E-state index in [4.69, 9.17) is 16.3 Å². The van der Waals surface area contributed by atoms with Crippen LogP contribution < -0.4 is 0 Å². The van der Waals surface area contributed by atoms with Crippen LogP contribution in [-0.2, 0) is 18.1 Å². The Morgan fingerprint density at radius 3 is 2.39 bits per heavy atom. The Labute approximate surface area is 139 Å². The van der Waals surface area contributed by atoms with Gasteiger partial charge in [-0.05, 0) is 29.8 Å². The molecule has 0 unspecified atom stereocenters. The average molecular weight is 322 g/mol. The average Bonchev–Trinajstić information content (AvgIpc) is 2.90. The van der Waals surface area contributed by atoms with Crippen LogP contribution in [0.15, 0.2) is 72.8 Å². The topological polar surface area (TPSA) is 14.2 Å². The van der Waals surface area contributed by atoms with E-state index in [0.29, 0.717) is 13.3 Å². The maximum atomic E-state index is 6.17. The lowest BCUT2D eigenvalue weighted by atomic mass is 10.2. The third kappa shape index (κ3) is 2.72. The third-order valence-corrected chi connectivity index (χ3v) is 4.30. The smallest absolute Gasteiger partial charge is 0.123 e. The molecule has 0 aliphatic heterocycles. The van der Waals surface area contributed by atoms with E-state index in [0.717, 1.165) is 21.4 Å². The van der Waals surface area contributed by atoms with E-state index < -0.39 is 0 Å². The molecule has 23 heavy (non-hydrogen) atoms. The van der Waals surface area contributed by atoms with Crippen molar-refractivity contribution in [1.29, 1.82) is 0 Å². The Balaban J connectivity index is 1.70. The number of halogens is 1. The number of benzene rings is 3. The van der Waals surface area contributed by atoms with E-state index in [-0.39, 0.29) is 0 Å². The van der Waals surface area contributed by atoms with E-state index in [9.17, 15) is 0 Å². The van der Waals surface area contributed by atoms with Gasteiger partial charge < -0.3 is 9.30 Å². The predicted molar refractivity (Wildman–Crippen MR) is 95.7 cm³/mol. The van der Waals surface area contributed by atoms with Crippen LogP contribution in [0.3, 0.4) is 0 Å². The maximum absolute atomic E-state index is 6.17. The summed E-state index contributed by atoms with van der Waals surface area (Å²) in [6, 6.07) is 24.6. The van der Waals surface area contributed by atoms with Gasteiger partial charge in [-0.25, -0.2) is 0 Å². The van der Waals surface area contributed by atoms with Crippen molar-refractivity contribution >= 4 is 33.4 Å². The summed E-state index contributed by atoms with van der Waals surface area (Å²) in [5.41, 5.74) is 3.48. The molecule has 0 saturated heterocycles. The highest BCUT2D eigenvalue weighted by Crippen LogP contribution is 2.31. The first-order valence-electron chi connectivity index (χ1n) is 7.61. The van der Waals surface area contributed by atoms with E-state index in [1.54, 1.807) is 0 Å². The molecule has 0 N–H and O–H groups in total. The van der Waals surface area contributed by atoms with Gasteiger partial charge in [-0.3, -0.25) is 0 Å². The van der Waals surface area contributed by atoms with Crippen LogP contribution in [0.4, 0.5) is 0 Å². The molecule has 3 aromatic carbocycles. The number of ether oxygens (including phenoxy) is 1. The van der Waals surface area contributed by atoms with Gasteiger partial charge in [-0.2, -0.15) is 0 Å². The predicted octanol–water partition coefficient (Wildman–Crippen LogP) is 5.62. The van der Waals surface area contributed by atoms with Crippen molar-refractivity contribution in [2.45, 2.75) is 13.3 Å². The largest absolute Gasteiger partial charge is 0.356 e. The maximum Gasteiger partial charge on any atom is 0.123 e. The summed E-state index contributed by atoms with van der Waals surface area (Å²) in [6.07, 6.45) is 0. The Morgan fingerprint density at radius 2 is 1.52 bits per heavy atom. The first kappa shape index (κ1) is 14.3. The second kappa shape index (κ2) is 6.07. The molecule has 0 atom stereocenters. The normalized spacial score (nSPS) is 11.3. The fourth-order valence-corrected chi connectivity index (χ4v) is 3.17. The molecule has 0 aliphatic carbocycles. The van der Waals surface area contributed by atoms with Crippen LogP contribution in [0.2, 0.25) is 5.02 Å². The van der Waals surface area contributed by atoms with Crippen molar-refractivity contribution in [3.05, 3.63) is 83.4 Å². The Hall–Kier alpha value is -2.29. The lowest BCUT2D eigenvalue weighted by molar-refractivity contribution is 0.0692. The number of fused-ring (bicyclic) bond motifs is 3. The highest BCUT2D eigenvalue weighted by molar-refractivity contribution is 6.31. The van der Waals surface area contributed by atoms with Crippen LogP contribution >= 0.6 is 11.6 Å². The molecular weight excluding hydrogens is 306 g/mol. The molecule has 1 heterocycles. The van der Waals surface area contributed by atoms with Crippen LogP contribution in [0.25, 0.3) is 21.8 Å². The monoisotopic (exact) mass is 321 g/mol. The van der Waals surface area contributed by atoms with Gasteiger partial charge in [0.05, 0.1) is 17.6 Å².